The second-order valence-electron chi connectivity index (χ2n) is 9.33. The number of benzene rings is 2. The second-order valence-corrected chi connectivity index (χ2v) is 9.33. The maximum Gasteiger partial charge on any atom is 0.658 e. The number of ether oxygens (including phenoxy) is 2. The third kappa shape index (κ3) is 11.2. The number of nitrogens with one attached hydrogen (secondary N) is 2. The molecular formula is C24H32BN2O6. The van der Waals surface area contributed by atoms with Crippen molar-refractivity contribution in [1.29, 1.82) is 0 Å². The molecule has 2 amide bonds. The van der Waals surface area contributed by atoms with Crippen LogP contribution >= 0.6 is 0 Å². The highest BCUT2D eigenvalue weighted by Gasteiger charge is 2.16. The molecular weight excluding hydrogens is 423 g/mol. The zero-order valence-electron chi connectivity index (χ0n) is 20.1. The lowest BCUT2D eigenvalue weighted by molar-refractivity contribution is 0.0512. The average Bonchev–Trinajstić information content (AvgIpc) is 2.70. The van der Waals surface area contributed by atoms with Gasteiger partial charge in [-0.15, -0.1) is 0 Å². The van der Waals surface area contributed by atoms with Crippen LogP contribution in [0.25, 0.3) is 0 Å². The fourth-order valence-corrected chi connectivity index (χ4v) is 2.48. The van der Waals surface area contributed by atoms with Gasteiger partial charge in [-0.25, -0.2) is 9.59 Å². The van der Waals surface area contributed by atoms with Crippen molar-refractivity contribution < 1.29 is 28.4 Å². The molecule has 0 bridgehead atoms. The van der Waals surface area contributed by atoms with Crippen molar-refractivity contribution in [3.63, 3.8) is 0 Å². The van der Waals surface area contributed by atoms with Gasteiger partial charge in [-0.05, 0) is 76.9 Å². The number of hydrogen-bond donors (Lipinski definition) is 2. The van der Waals surface area contributed by atoms with Crippen molar-refractivity contribution in [3.05, 3.63) is 59.7 Å². The highest BCUT2D eigenvalue weighted by Crippen LogP contribution is 2.15. The van der Waals surface area contributed by atoms with Gasteiger partial charge in [0.15, 0.2) is 0 Å². The van der Waals surface area contributed by atoms with Crippen molar-refractivity contribution in [2.24, 2.45) is 0 Å². The molecule has 0 aliphatic rings. The molecule has 2 aromatic rings. The molecule has 2 N–H and O–H groups in total. The van der Waals surface area contributed by atoms with Gasteiger partial charge in [-0.3, -0.25) is 0 Å². The van der Waals surface area contributed by atoms with E-state index in [1.807, 2.05) is 65.8 Å². The fraction of sp³-hybridized carbons (Fsp3) is 0.417. The smallest absolute Gasteiger partial charge is 0.526 e. The summed E-state index contributed by atoms with van der Waals surface area (Å²) in [6.45, 7) is 11.6. The Bertz CT molecular complexity index is 827. The van der Waals surface area contributed by atoms with E-state index in [0.717, 1.165) is 11.1 Å². The molecule has 0 unspecified atom stereocenters. The Morgan fingerprint density at radius 2 is 1.00 bits per heavy atom. The van der Waals surface area contributed by atoms with Crippen molar-refractivity contribution in [2.75, 3.05) is 0 Å². The first-order valence-electron chi connectivity index (χ1n) is 10.7. The van der Waals surface area contributed by atoms with Crippen LogP contribution in [0.1, 0.15) is 52.7 Å². The van der Waals surface area contributed by atoms with Crippen LogP contribution in [0, 0.1) is 0 Å². The van der Waals surface area contributed by atoms with Crippen LogP contribution < -0.4 is 19.9 Å². The highest BCUT2D eigenvalue weighted by molar-refractivity contribution is 6.20. The third-order valence-corrected chi connectivity index (χ3v) is 3.89. The summed E-state index contributed by atoms with van der Waals surface area (Å²) < 4.78 is 21.4. The molecule has 33 heavy (non-hydrogen) atoms. The molecule has 2 rings (SSSR count). The minimum Gasteiger partial charge on any atom is -0.526 e. The van der Waals surface area contributed by atoms with E-state index < -0.39 is 23.4 Å². The summed E-state index contributed by atoms with van der Waals surface area (Å²) in [4.78, 5) is 23.4. The number of alkyl carbamates (subject to hydrolysis) is 2. The Hall–Kier alpha value is -3.36. The molecule has 0 fully saturated rings. The van der Waals surface area contributed by atoms with Crippen LogP contribution in [0.5, 0.6) is 11.5 Å². The van der Waals surface area contributed by atoms with Crippen LogP contribution in [-0.4, -0.2) is 31.1 Å². The van der Waals surface area contributed by atoms with E-state index in [-0.39, 0.29) is 0 Å². The lowest BCUT2D eigenvalue weighted by atomic mass is 10.2. The van der Waals surface area contributed by atoms with Crippen molar-refractivity contribution >= 4 is 19.9 Å². The number of carbonyl (C=O) groups is 2. The van der Waals surface area contributed by atoms with Crippen LogP contribution in [0.2, 0.25) is 0 Å². The number of carbonyl (C=O) groups excluding carboxylic acids is 2. The molecule has 0 aliphatic carbocycles. The normalized spacial score (nSPS) is 11.2. The number of rotatable bonds is 8. The molecule has 0 aliphatic heterocycles. The van der Waals surface area contributed by atoms with E-state index in [1.165, 1.54) is 7.69 Å². The zero-order valence-corrected chi connectivity index (χ0v) is 20.1. The van der Waals surface area contributed by atoms with Gasteiger partial charge >= 0.3 is 19.9 Å². The fourth-order valence-electron chi connectivity index (χ4n) is 2.48. The van der Waals surface area contributed by atoms with Gasteiger partial charge in [0.05, 0.1) is 0 Å². The quantitative estimate of drug-likeness (QED) is 0.559. The lowest BCUT2D eigenvalue weighted by Crippen LogP contribution is -2.32. The van der Waals surface area contributed by atoms with Crippen molar-refractivity contribution in [2.45, 2.75) is 65.8 Å². The molecule has 2 aromatic carbocycles. The predicted molar refractivity (Wildman–Crippen MR) is 126 cm³/mol. The van der Waals surface area contributed by atoms with E-state index in [2.05, 4.69) is 10.6 Å². The minimum absolute atomic E-state index is 0.352. The van der Waals surface area contributed by atoms with E-state index >= 15 is 0 Å². The monoisotopic (exact) mass is 455 g/mol. The van der Waals surface area contributed by atoms with Gasteiger partial charge in [0.2, 0.25) is 0 Å². The maximum absolute atomic E-state index is 11.7. The average molecular weight is 455 g/mol. The number of hydrogen-bond acceptors (Lipinski definition) is 6. The van der Waals surface area contributed by atoms with Gasteiger partial charge in [-0.2, -0.15) is 0 Å². The molecule has 0 saturated heterocycles. The Morgan fingerprint density at radius 1 is 0.667 bits per heavy atom. The molecule has 0 spiro atoms. The molecule has 1 radical (unpaired) electrons. The Kier molecular flexibility index (Phi) is 9.02. The van der Waals surface area contributed by atoms with Crippen LogP contribution in [0.4, 0.5) is 9.59 Å². The van der Waals surface area contributed by atoms with Gasteiger partial charge in [-0.1, -0.05) is 24.3 Å². The van der Waals surface area contributed by atoms with Gasteiger partial charge in [0.1, 0.15) is 22.7 Å². The van der Waals surface area contributed by atoms with Gasteiger partial charge in [0, 0.05) is 13.1 Å². The first-order valence-corrected chi connectivity index (χ1v) is 10.7. The summed E-state index contributed by atoms with van der Waals surface area (Å²) in [5, 5.41) is 5.41. The molecule has 8 nitrogen and oxygen atoms in total. The van der Waals surface area contributed by atoms with E-state index in [0.29, 0.717) is 24.6 Å². The second kappa shape index (κ2) is 11.5. The third-order valence-electron chi connectivity index (χ3n) is 3.89. The van der Waals surface area contributed by atoms with E-state index in [9.17, 15) is 9.59 Å². The van der Waals surface area contributed by atoms with Crippen LogP contribution in [-0.2, 0) is 22.6 Å². The lowest BCUT2D eigenvalue weighted by Gasteiger charge is -2.19. The standard InChI is InChI=1S/C24H32BN2O6/c1-23(2,3)30-21(28)26-15-17-7-11-19(12-8-17)32-25-33-20-13-9-18(10-14-20)16-27-22(29)31-24(4,5)6/h7-14H,15-16H2,1-6H3,(H,26,28)(H,27,29). The highest BCUT2D eigenvalue weighted by atomic mass is 16.6. The van der Waals surface area contributed by atoms with Crippen molar-refractivity contribution in [1.82, 2.24) is 10.6 Å². The zero-order chi connectivity index (χ0) is 24.5. The Balaban J connectivity index is 1.70. The largest absolute Gasteiger partial charge is 0.658 e. The SMILES string of the molecule is CC(C)(C)OC(=O)NCc1ccc(O[B]Oc2ccc(CNC(=O)OC(C)(C)C)cc2)cc1. The predicted octanol–water partition coefficient (Wildman–Crippen LogP) is 4.73. The summed E-state index contributed by atoms with van der Waals surface area (Å²) in [6.07, 6.45) is -0.924. The number of amides is 2. The summed E-state index contributed by atoms with van der Waals surface area (Å²) in [5.74, 6) is 1.18. The Labute approximate surface area is 196 Å². The van der Waals surface area contributed by atoms with E-state index in [4.69, 9.17) is 18.8 Å². The Morgan fingerprint density at radius 3 is 1.30 bits per heavy atom. The summed E-state index contributed by atoms with van der Waals surface area (Å²) >= 11 is 0. The van der Waals surface area contributed by atoms with Crippen molar-refractivity contribution in [3.8, 4) is 11.5 Å². The molecule has 0 atom stereocenters. The molecule has 177 valence electrons. The summed E-state index contributed by atoms with van der Waals surface area (Å²) in [7, 11) is 1.24. The maximum atomic E-state index is 11.7. The van der Waals surface area contributed by atoms with Gasteiger partial charge < -0.3 is 29.4 Å². The summed E-state index contributed by atoms with van der Waals surface area (Å²) in [6, 6.07) is 14.5. The first-order chi connectivity index (χ1) is 15.4. The molecule has 0 heterocycles. The molecule has 0 aromatic heterocycles. The first kappa shape index (κ1) is 25.9. The minimum atomic E-state index is -0.533. The van der Waals surface area contributed by atoms with Gasteiger partial charge in [0.25, 0.3) is 0 Å². The molecule has 9 heteroatoms. The summed E-state index contributed by atoms with van der Waals surface area (Å²) in [5.41, 5.74) is 0.749. The van der Waals surface area contributed by atoms with Crippen LogP contribution in [0.15, 0.2) is 48.5 Å². The topological polar surface area (TPSA) is 95.1 Å². The molecule has 0 saturated carbocycles. The van der Waals surface area contributed by atoms with Crippen LogP contribution in [0.3, 0.4) is 0 Å². The van der Waals surface area contributed by atoms with E-state index in [1.54, 1.807) is 24.3 Å².